The van der Waals surface area contributed by atoms with Crippen molar-refractivity contribution in [3.63, 3.8) is 0 Å². The summed E-state index contributed by atoms with van der Waals surface area (Å²) < 4.78 is 51.7. The molecule has 2 heterocycles. The summed E-state index contributed by atoms with van der Waals surface area (Å²) in [6.45, 7) is 3.11. The summed E-state index contributed by atoms with van der Waals surface area (Å²) in [4.78, 5) is 3.82. The molecule has 1 aromatic rings. The van der Waals surface area contributed by atoms with Gasteiger partial charge in [0.1, 0.15) is 0 Å². The van der Waals surface area contributed by atoms with E-state index in [2.05, 4.69) is 9.72 Å². The van der Waals surface area contributed by atoms with E-state index in [1.165, 1.54) is 12.3 Å². The fourth-order valence-corrected chi connectivity index (χ4v) is 1.73. The van der Waals surface area contributed by atoms with Crippen LogP contribution in [0.5, 0.6) is 5.88 Å². The van der Waals surface area contributed by atoms with E-state index < -0.39 is 19.9 Å². The van der Waals surface area contributed by atoms with Gasteiger partial charge in [-0.25, -0.2) is 4.98 Å². The van der Waals surface area contributed by atoms with Gasteiger partial charge in [0.05, 0.1) is 5.60 Å². The van der Waals surface area contributed by atoms with E-state index in [9.17, 15) is 13.2 Å². The molecule has 1 saturated heterocycles. The van der Waals surface area contributed by atoms with Crippen LogP contribution in [0.4, 0.5) is 13.2 Å². The van der Waals surface area contributed by atoms with Crippen molar-refractivity contribution in [3.8, 4) is 5.88 Å². The van der Waals surface area contributed by atoms with Gasteiger partial charge < -0.3 is 14.0 Å². The third kappa shape index (κ3) is 4.38. The summed E-state index contributed by atoms with van der Waals surface area (Å²) in [5, 5.41) is 0. The van der Waals surface area contributed by atoms with Gasteiger partial charge in [0.25, 0.3) is 0 Å². The van der Waals surface area contributed by atoms with Crippen molar-refractivity contribution in [2.45, 2.75) is 32.0 Å². The predicted molar refractivity (Wildman–Crippen MR) is 66.9 cm³/mol. The molecule has 0 aliphatic carbocycles. The number of pyridine rings is 1. The van der Waals surface area contributed by atoms with Gasteiger partial charge in [-0.15, -0.1) is 0 Å². The normalized spacial score (nSPS) is 18.9. The Morgan fingerprint density at radius 1 is 1.40 bits per heavy atom. The first kappa shape index (κ1) is 15.1. The van der Waals surface area contributed by atoms with Gasteiger partial charge in [0.2, 0.25) is 5.88 Å². The van der Waals surface area contributed by atoms with Crippen molar-refractivity contribution in [2.75, 3.05) is 13.2 Å². The maximum absolute atomic E-state index is 12.0. The van der Waals surface area contributed by atoms with E-state index in [-0.39, 0.29) is 11.5 Å². The first-order chi connectivity index (χ1) is 9.25. The molecule has 0 N–H and O–H groups in total. The van der Waals surface area contributed by atoms with E-state index >= 15 is 0 Å². The van der Waals surface area contributed by atoms with E-state index in [1.54, 1.807) is 6.07 Å². The van der Waals surface area contributed by atoms with Crippen molar-refractivity contribution < 1.29 is 27.2 Å². The molecule has 0 unspecified atom stereocenters. The fraction of sp³-hybridized carbons (Fsp3) is 0.583. The molecule has 1 fully saturated rings. The summed E-state index contributed by atoms with van der Waals surface area (Å²) in [6.07, 6.45) is -2.19. The van der Waals surface area contributed by atoms with Crippen LogP contribution in [0.3, 0.4) is 0 Å². The van der Waals surface area contributed by atoms with Crippen LogP contribution in [0.15, 0.2) is 18.3 Å². The molecule has 8 heteroatoms. The molecular formula is C12H15BF3NO3. The standard InChI is InChI=1S/C12H15BF3NO3/c1-11(2)5-6-19-13(20-11)9-3-4-10(17-7-9)18-8-12(14,15)16/h3-4,7H,5-6,8H2,1-2H3. The fourth-order valence-electron chi connectivity index (χ4n) is 1.73. The average molecular weight is 289 g/mol. The van der Waals surface area contributed by atoms with Crippen LogP contribution >= 0.6 is 0 Å². The van der Waals surface area contributed by atoms with Crippen LogP contribution in [-0.4, -0.2) is 37.1 Å². The Hall–Kier alpha value is -1.28. The third-order valence-electron chi connectivity index (χ3n) is 2.81. The minimum atomic E-state index is -4.38. The molecular weight excluding hydrogens is 274 g/mol. The van der Waals surface area contributed by atoms with Gasteiger partial charge in [0, 0.05) is 18.3 Å². The first-order valence-corrected chi connectivity index (χ1v) is 6.20. The lowest BCUT2D eigenvalue weighted by molar-refractivity contribution is -0.154. The van der Waals surface area contributed by atoms with Crippen LogP contribution in [0.25, 0.3) is 0 Å². The number of halogens is 3. The van der Waals surface area contributed by atoms with Crippen molar-refractivity contribution in [2.24, 2.45) is 0 Å². The van der Waals surface area contributed by atoms with Crippen LogP contribution in [0.1, 0.15) is 20.3 Å². The van der Waals surface area contributed by atoms with Gasteiger partial charge in [-0.05, 0) is 26.3 Å². The van der Waals surface area contributed by atoms with Crippen LogP contribution in [-0.2, 0) is 9.31 Å². The first-order valence-electron chi connectivity index (χ1n) is 6.20. The second kappa shape index (κ2) is 5.61. The van der Waals surface area contributed by atoms with Crippen molar-refractivity contribution >= 4 is 12.6 Å². The lowest BCUT2D eigenvalue weighted by Gasteiger charge is -2.34. The Bertz CT molecular complexity index is 450. The molecule has 0 atom stereocenters. The van der Waals surface area contributed by atoms with Gasteiger partial charge in [-0.3, -0.25) is 0 Å². The van der Waals surface area contributed by atoms with E-state index in [0.717, 1.165) is 6.42 Å². The highest BCUT2D eigenvalue weighted by Crippen LogP contribution is 2.21. The molecule has 0 bridgehead atoms. The topological polar surface area (TPSA) is 40.6 Å². The highest BCUT2D eigenvalue weighted by Gasteiger charge is 2.35. The molecule has 110 valence electrons. The zero-order chi connectivity index (χ0) is 14.8. The third-order valence-corrected chi connectivity index (χ3v) is 2.81. The Kier molecular flexibility index (Phi) is 4.24. The molecule has 2 rings (SSSR count). The Balaban J connectivity index is 1.97. The zero-order valence-electron chi connectivity index (χ0n) is 11.2. The number of rotatable bonds is 3. The number of hydrogen-bond donors (Lipinski definition) is 0. The summed E-state index contributed by atoms with van der Waals surface area (Å²) in [7, 11) is -0.553. The van der Waals surface area contributed by atoms with Crippen LogP contribution in [0, 0.1) is 0 Å². The van der Waals surface area contributed by atoms with Crippen molar-refractivity contribution in [1.82, 2.24) is 4.98 Å². The minimum Gasteiger partial charge on any atom is -0.468 e. The molecule has 0 aromatic carbocycles. The molecule has 20 heavy (non-hydrogen) atoms. The second-order valence-corrected chi connectivity index (χ2v) is 5.16. The summed E-state index contributed by atoms with van der Waals surface area (Å²) >= 11 is 0. The predicted octanol–water partition coefficient (Wildman–Crippen LogP) is 1.93. The lowest BCUT2D eigenvalue weighted by atomic mass is 9.77. The summed E-state index contributed by atoms with van der Waals surface area (Å²) in [6, 6.07) is 2.96. The van der Waals surface area contributed by atoms with Crippen molar-refractivity contribution in [3.05, 3.63) is 18.3 Å². The second-order valence-electron chi connectivity index (χ2n) is 5.16. The number of ether oxygens (including phenoxy) is 1. The SMILES string of the molecule is CC1(C)CCOB(c2ccc(OCC(F)(F)F)nc2)O1. The van der Waals surface area contributed by atoms with Gasteiger partial charge in [-0.1, -0.05) is 6.07 Å². The highest BCUT2D eigenvalue weighted by atomic mass is 19.4. The minimum absolute atomic E-state index is 0.0823. The molecule has 4 nitrogen and oxygen atoms in total. The zero-order valence-corrected chi connectivity index (χ0v) is 11.2. The molecule has 0 radical (unpaired) electrons. The molecule has 0 spiro atoms. The van der Waals surface area contributed by atoms with Crippen LogP contribution in [0.2, 0.25) is 0 Å². The highest BCUT2D eigenvalue weighted by molar-refractivity contribution is 6.61. The quantitative estimate of drug-likeness (QED) is 0.797. The Morgan fingerprint density at radius 3 is 2.70 bits per heavy atom. The van der Waals surface area contributed by atoms with Crippen molar-refractivity contribution in [1.29, 1.82) is 0 Å². The van der Waals surface area contributed by atoms with E-state index in [4.69, 9.17) is 9.31 Å². The number of alkyl halides is 3. The van der Waals surface area contributed by atoms with E-state index in [1.807, 2.05) is 13.8 Å². The summed E-state index contributed by atoms with van der Waals surface area (Å²) in [5.74, 6) is -0.0823. The van der Waals surface area contributed by atoms with Crippen LogP contribution < -0.4 is 10.2 Å². The average Bonchev–Trinajstić information content (AvgIpc) is 2.35. The molecule has 0 amide bonds. The van der Waals surface area contributed by atoms with E-state index in [0.29, 0.717) is 12.1 Å². The molecule has 1 aliphatic rings. The maximum atomic E-state index is 12.0. The number of hydrogen-bond acceptors (Lipinski definition) is 4. The maximum Gasteiger partial charge on any atom is 0.495 e. The Morgan fingerprint density at radius 2 is 2.15 bits per heavy atom. The Labute approximate surface area is 115 Å². The summed E-state index contributed by atoms with van der Waals surface area (Å²) in [5.41, 5.74) is 0.353. The monoisotopic (exact) mass is 289 g/mol. The van der Waals surface area contributed by atoms with Gasteiger partial charge >= 0.3 is 13.3 Å². The number of nitrogens with zero attached hydrogens (tertiary/aromatic N) is 1. The largest absolute Gasteiger partial charge is 0.495 e. The molecule has 1 aromatic heterocycles. The molecule has 1 aliphatic heterocycles. The smallest absolute Gasteiger partial charge is 0.468 e. The molecule has 0 saturated carbocycles. The van der Waals surface area contributed by atoms with Gasteiger partial charge in [-0.2, -0.15) is 13.2 Å². The van der Waals surface area contributed by atoms with Gasteiger partial charge in [0.15, 0.2) is 6.61 Å². The number of aromatic nitrogens is 1. The lowest BCUT2D eigenvalue weighted by Crippen LogP contribution is -2.49.